The lowest BCUT2D eigenvalue weighted by atomic mass is 10.1. The highest BCUT2D eigenvalue weighted by Gasteiger charge is 2.17. The lowest BCUT2D eigenvalue weighted by Crippen LogP contribution is -2.08. The second kappa shape index (κ2) is 7.02. The van der Waals surface area contributed by atoms with Crippen molar-refractivity contribution >= 4 is 27.8 Å². The van der Waals surface area contributed by atoms with Crippen molar-refractivity contribution in [1.29, 1.82) is 0 Å². The molecule has 6 aromatic heterocycles. The van der Waals surface area contributed by atoms with Gasteiger partial charge in [-0.05, 0) is 24.3 Å². The fraction of sp³-hybridized carbons (Fsp3) is 0.0870. The van der Waals surface area contributed by atoms with Crippen molar-refractivity contribution in [3.05, 3.63) is 61.6 Å². The van der Waals surface area contributed by atoms with Gasteiger partial charge < -0.3 is 14.3 Å². The average Bonchev–Trinajstić information content (AvgIpc) is 3.57. The van der Waals surface area contributed by atoms with E-state index in [1.54, 1.807) is 24.9 Å². The SMILES string of the molecule is CN(C)c1cncc(-c2cc3c(-c4nc5nccc(-c6ccoc6)c5[nH]4)n[nH]c3cn2)c1. The average molecular weight is 422 g/mol. The number of pyridine rings is 3. The van der Waals surface area contributed by atoms with Crippen molar-refractivity contribution in [3.8, 4) is 33.9 Å². The molecule has 0 unspecified atom stereocenters. The standard InChI is InChI=1S/C23H18N8O/c1-31(2)15-7-14(9-24-10-15)18-8-17-19(11-26-18)29-30-21(17)23-27-20-16(13-4-6-32-12-13)3-5-25-22(20)28-23/h3-12H,1-2H3,(H,29,30)(H,25,27,28). The Morgan fingerprint density at radius 1 is 1.00 bits per heavy atom. The molecule has 0 spiro atoms. The summed E-state index contributed by atoms with van der Waals surface area (Å²) in [6.07, 6.45) is 10.5. The summed E-state index contributed by atoms with van der Waals surface area (Å²) in [6.45, 7) is 0. The van der Waals surface area contributed by atoms with Crippen molar-refractivity contribution in [3.63, 3.8) is 0 Å². The Bertz CT molecular complexity index is 1560. The maximum absolute atomic E-state index is 5.25. The van der Waals surface area contributed by atoms with Crippen LogP contribution in [0.4, 0.5) is 5.69 Å². The van der Waals surface area contributed by atoms with E-state index in [2.05, 4.69) is 36.2 Å². The highest BCUT2D eigenvalue weighted by molar-refractivity contribution is 5.96. The van der Waals surface area contributed by atoms with Crippen molar-refractivity contribution in [2.75, 3.05) is 19.0 Å². The minimum Gasteiger partial charge on any atom is -0.472 e. The van der Waals surface area contributed by atoms with Gasteiger partial charge in [-0.2, -0.15) is 5.10 Å². The van der Waals surface area contributed by atoms with Gasteiger partial charge in [0.1, 0.15) is 5.69 Å². The maximum atomic E-state index is 5.25. The highest BCUT2D eigenvalue weighted by Crippen LogP contribution is 2.32. The van der Waals surface area contributed by atoms with E-state index in [4.69, 9.17) is 9.40 Å². The number of rotatable bonds is 4. The maximum Gasteiger partial charge on any atom is 0.178 e. The smallest absolute Gasteiger partial charge is 0.178 e. The highest BCUT2D eigenvalue weighted by atomic mass is 16.3. The number of hydrogen-bond acceptors (Lipinski definition) is 7. The number of fused-ring (bicyclic) bond motifs is 2. The van der Waals surface area contributed by atoms with Gasteiger partial charge in [-0.25, -0.2) is 9.97 Å². The summed E-state index contributed by atoms with van der Waals surface area (Å²) < 4.78 is 5.25. The topological polar surface area (TPSA) is 112 Å². The second-order valence-corrected chi connectivity index (χ2v) is 7.67. The Balaban J connectivity index is 1.49. The number of imidazole rings is 1. The molecule has 0 aliphatic rings. The van der Waals surface area contributed by atoms with Crippen LogP contribution in [0.5, 0.6) is 0 Å². The van der Waals surface area contributed by atoms with Gasteiger partial charge in [-0.15, -0.1) is 0 Å². The number of aromatic nitrogens is 7. The van der Waals surface area contributed by atoms with E-state index in [9.17, 15) is 0 Å². The summed E-state index contributed by atoms with van der Waals surface area (Å²) >= 11 is 0. The molecule has 6 rings (SSSR count). The Hall–Kier alpha value is -4.53. The van der Waals surface area contributed by atoms with E-state index in [0.29, 0.717) is 17.2 Å². The predicted octanol–water partition coefficient (Wildman–Crippen LogP) is 4.28. The second-order valence-electron chi connectivity index (χ2n) is 7.67. The summed E-state index contributed by atoms with van der Waals surface area (Å²) in [4.78, 5) is 23.5. The molecule has 9 heteroatoms. The normalized spacial score (nSPS) is 11.4. The van der Waals surface area contributed by atoms with Gasteiger partial charge in [0.2, 0.25) is 0 Å². The fourth-order valence-corrected chi connectivity index (χ4v) is 3.75. The molecular formula is C23H18N8O. The number of nitrogens with one attached hydrogen (secondary N) is 2. The van der Waals surface area contributed by atoms with Crippen molar-refractivity contribution in [2.24, 2.45) is 0 Å². The number of furan rings is 1. The van der Waals surface area contributed by atoms with Gasteiger partial charge >= 0.3 is 0 Å². The third-order valence-electron chi connectivity index (χ3n) is 5.43. The van der Waals surface area contributed by atoms with E-state index in [-0.39, 0.29) is 0 Å². The van der Waals surface area contributed by atoms with Gasteiger partial charge in [-0.3, -0.25) is 15.1 Å². The molecule has 0 radical (unpaired) electrons. The molecule has 0 aliphatic carbocycles. The van der Waals surface area contributed by atoms with Crippen molar-refractivity contribution < 1.29 is 4.42 Å². The van der Waals surface area contributed by atoms with E-state index >= 15 is 0 Å². The van der Waals surface area contributed by atoms with Gasteiger partial charge in [-0.1, -0.05) is 0 Å². The van der Waals surface area contributed by atoms with Crippen LogP contribution in [-0.2, 0) is 0 Å². The van der Waals surface area contributed by atoms with Crippen molar-refractivity contribution in [2.45, 2.75) is 0 Å². The fourth-order valence-electron chi connectivity index (χ4n) is 3.75. The van der Waals surface area contributed by atoms with Crippen LogP contribution in [-0.4, -0.2) is 49.2 Å². The monoisotopic (exact) mass is 422 g/mol. The molecule has 0 aliphatic heterocycles. The summed E-state index contributed by atoms with van der Waals surface area (Å²) in [5.74, 6) is 0.631. The number of hydrogen-bond donors (Lipinski definition) is 2. The summed E-state index contributed by atoms with van der Waals surface area (Å²) in [5, 5.41) is 8.47. The van der Waals surface area contributed by atoms with Crippen LogP contribution in [0.25, 0.3) is 56.0 Å². The van der Waals surface area contributed by atoms with Gasteiger partial charge in [0, 0.05) is 48.6 Å². The minimum atomic E-state index is 0.618. The quantitative estimate of drug-likeness (QED) is 0.436. The zero-order valence-electron chi connectivity index (χ0n) is 17.4. The van der Waals surface area contributed by atoms with Gasteiger partial charge in [0.15, 0.2) is 11.5 Å². The Morgan fingerprint density at radius 2 is 1.94 bits per heavy atom. The molecule has 0 aromatic carbocycles. The molecule has 32 heavy (non-hydrogen) atoms. The lowest BCUT2D eigenvalue weighted by molar-refractivity contribution is 0.568. The summed E-state index contributed by atoms with van der Waals surface area (Å²) in [6, 6.07) is 7.91. The van der Waals surface area contributed by atoms with E-state index < -0.39 is 0 Å². The van der Waals surface area contributed by atoms with Crippen LogP contribution >= 0.6 is 0 Å². The number of H-pyrrole nitrogens is 2. The zero-order chi connectivity index (χ0) is 21.7. The first-order chi connectivity index (χ1) is 15.7. The molecular weight excluding hydrogens is 404 g/mol. The van der Waals surface area contributed by atoms with Crippen LogP contribution in [0.15, 0.2) is 66.0 Å². The Kier molecular flexibility index (Phi) is 4.00. The van der Waals surface area contributed by atoms with Crippen molar-refractivity contribution in [1.82, 2.24) is 35.1 Å². The van der Waals surface area contributed by atoms with Crippen LogP contribution < -0.4 is 4.90 Å². The summed E-state index contributed by atoms with van der Waals surface area (Å²) in [5.41, 5.74) is 7.65. The van der Waals surface area contributed by atoms with Gasteiger partial charge in [0.05, 0.1) is 47.3 Å². The largest absolute Gasteiger partial charge is 0.472 e. The van der Waals surface area contributed by atoms with Crippen LogP contribution in [0.1, 0.15) is 0 Å². The molecule has 9 nitrogen and oxygen atoms in total. The number of aromatic amines is 2. The van der Waals surface area contributed by atoms with Crippen LogP contribution in [0, 0.1) is 0 Å². The summed E-state index contributed by atoms with van der Waals surface area (Å²) in [7, 11) is 3.97. The lowest BCUT2D eigenvalue weighted by Gasteiger charge is -2.12. The molecule has 6 heterocycles. The first kappa shape index (κ1) is 18.3. The molecule has 0 atom stereocenters. The third kappa shape index (κ3) is 2.90. The minimum absolute atomic E-state index is 0.618. The van der Waals surface area contributed by atoms with Crippen LogP contribution in [0.3, 0.4) is 0 Å². The van der Waals surface area contributed by atoms with E-state index in [1.165, 1.54) is 0 Å². The predicted molar refractivity (Wildman–Crippen MR) is 122 cm³/mol. The molecule has 156 valence electrons. The van der Waals surface area contributed by atoms with E-state index in [0.717, 1.165) is 44.5 Å². The molecule has 0 bridgehead atoms. The first-order valence-corrected chi connectivity index (χ1v) is 10.0. The molecule has 0 saturated carbocycles. The molecule has 6 aromatic rings. The third-order valence-corrected chi connectivity index (χ3v) is 5.43. The molecule has 2 N–H and O–H groups in total. The molecule has 0 fully saturated rings. The number of nitrogens with zero attached hydrogens (tertiary/aromatic N) is 6. The first-order valence-electron chi connectivity index (χ1n) is 10.0. The Labute approximate surface area is 182 Å². The molecule has 0 amide bonds. The van der Waals surface area contributed by atoms with Gasteiger partial charge in [0.25, 0.3) is 0 Å². The van der Waals surface area contributed by atoms with E-state index in [1.807, 2.05) is 49.6 Å². The van der Waals surface area contributed by atoms with Crippen LogP contribution in [0.2, 0.25) is 0 Å². The Morgan fingerprint density at radius 3 is 2.78 bits per heavy atom. The number of anilines is 1. The molecule has 0 saturated heterocycles. The zero-order valence-corrected chi connectivity index (χ0v) is 17.4.